The zero-order valence-corrected chi connectivity index (χ0v) is 14.4. The highest BCUT2D eigenvalue weighted by molar-refractivity contribution is 5.42. The Balaban J connectivity index is 1.50. The van der Waals surface area contributed by atoms with Gasteiger partial charge in [0.25, 0.3) is 0 Å². The van der Waals surface area contributed by atoms with Crippen molar-refractivity contribution >= 4 is 5.82 Å². The summed E-state index contributed by atoms with van der Waals surface area (Å²) in [5.74, 6) is 0.974. The molecule has 1 aromatic carbocycles. The predicted molar refractivity (Wildman–Crippen MR) is 96.9 cm³/mol. The monoisotopic (exact) mass is 320 g/mol. The van der Waals surface area contributed by atoms with E-state index >= 15 is 0 Å². The number of nitrogens with one attached hydrogen (secondary N) is 1. The predicted octanol–water partition coefficient (Wildman–Crippen LogP) is 3.33. The molecule has 0 spiro atoms. The summed E-state index contributed by atoms with van der Waals surface area (Å²) in [7, 11) is 0. The normalized spacial score (nSPS) is 15.3. The van der Waals surface area contributed by atoms with Crippen molar-refractivity contribution in [1.82, 2.24) is 10.3 Å². The van der Waals surface area contributed by atoms with Crippen LogP contribution in [0.15, 0.2) is 36.5 Å². The minimum atomic E-state index is 0.556. The molecule has 2 aromatic rings. The average Bonchev–Trinajstić information content (AvgIpc) is 2.62. The van der Waals surface area contributed by atoms with Gasteiger partial charge in [-0.2, -0.15) is 5.26 Å². The van der Waals surface area contributed by atoms with Crippen LogP contribution in [0, 0.1) is 25.2 Å². The molecule has 1 saturated heterocycles. The van der Waals surface area contributed by atoms with Crippen molar-refractivity contribution in [1.29, 1.82) is 5.26 Å². The molecule has 1 aliphatic rings. The maximum Gasteiger partial charge on any atom is 0.128 e. The van der Waals surface area contributed by atoms with Gasteiger partial charge >= 0.3 is 0 Å². The fraction of sp³-hybridized carbons (Fsp3) is 0.400. The smallest absolute Gasteiger partial charge is 0.128 e. The molecule has 0 bridgehead atoms. The second-order valence-corrected chi connectivity index (χ2v) is 6.59. The summed E-state index contributed by atoms with van der Waals surface area (Å²) in [5.41, 5.74) is 4.68. The fourth-order valence-corrected chi connectivity index (χ4v) is 3.25. The van der Waals surface area contributed by atoms with Crippen LogP contribution in [-0.4, -0.2) is 24.1 Å². The van der Waals surface area contributed by atoms with E-state index < -0.39 is 0 Å². The van der Waals surface area contributed by atoms with E-state index in [0.29, 0.717) is 11.6 Å². The van der Waals surface area contributed by atoms with E-state index in [1.54, 1.807) is 6.20 Å². The Hall–Kier alpha value is -2.38. The Morgan fingerprint density at radius 1 is 1.21 bits per heavy atom. The van der Waals surface area contributed by atoms with Gasteiger partial charge in [-0.25, -0.2) is 4.98 Å². The largest absolute Gasteiger partial charge is 0.357 e. The number of pyridine rings is 1. The van der Waals surface area contributed by atoms with Crippen LogP contribution in [0.3, 0.4) is 0 Å². The number of benzene rings is 1. The van der Waals surface area contributed by atoms with Crippen molar-refractivity contribution in [2.75, 3.05) is 18.0 Å². The molecule has 24 heavy (non-hydrogen) atoms. The second kappa shape index (κ2) is 7.46. The van der Waals surface area contributed by atoms with E-state index in [1.165, 1.54) is 16.7 Å². The van der Waals surface area contributed by atoms with Gasteiger partial charge in [-0.1, -0.05) is 23.8 Å². The number of hydrogen-bond donors (Lipinski definition) is 1. The van der Waals surface area contributed by atoms with Crippen molar-refractivity contribution in [2.45, 2.75) is 39.3 Å². The Morgan fingerprint density at radius 3 is 2.62 bits per heavy atom. The molecular formula is C20H24N4. The van der Waals surface area contributed by atoms with Crippen LogP contribution in [0.4, 0.5) is 5.82 Å². The van der Waals surface area contributed by atoms with Crippen molar-refractivity contribution < 1.29 is 0 Å². The van der Waals surface area contributed by atoms with E-state index in [2.05, 4.69) is 53.3 Å². The van der Waals surface area contributed by atoms with Gasteiger partial charge in [0.05, 0.1) is 5.56 Å². The van der Waals surface area contributed by atoms with Gasteiger partial charge in [0.15, 0.2) is 0 Å². The summed E-state index contributed by atoms with van der Waals surface area (Å²) >= 11 is 0. The first-order valence-electron chi connectivity index (χ1n) is 8.56. The molecule has 1 fully saturated rings. The fourth-order valence-electron chi connectivity index (χ4n) is 3.25. The van der Waals surface area contributed by atoms with Crippen molar-refractivity contribution in [3.8, 4) is 6.07 Å². The first-order valence-corrected chi connectivity index (χ1v) is 8.56. The quantitative estimate of drug-likeness (QED) is 0.939. The van der Waals surface area contributed by atoms with Crippen molar-refractivity contribution in [3.63, 3.8) is 0 Å². The lowest BCUT2D eigenvalue weighted by Gasteiger charge is -2.33. The molecular weight excluding hydrogens is 296 g/mol. The Bertz CT molecular complexity index is 722. The van der Waals surface area contributed by atoms with Crippen LogP contribution in [-0.2, 0) is 6.54 Å². The molecule has 124 valence electrons. The SMILES string of the molecule is Cc1ccc(CNC2CCN(c3ccc(C#N)cn3)CC2)c(C)c1. The minimum absolute atomic E-state index is 0.556. The standard InChI is InChI=1S/C20H24N4/c1-15-3-5-18(16(2)11-15)14-22-19-7-9-24(10-8-19)20-6-4-17(12-21)13-23-20/h3-6,11,13,19,22H,7-10,14H2,1-2H3. The van der Waals surface area contributed by atoms with Crippen LogP contribution in [0.5, 0.6) is 0 Å². The molecule has 0 atom stereocenters. The lowest BCUT2D eigenvalue weighted by molar-refractivity contribution is 0.412. The minimum Gasteiger partial charge on any atom is -0.357 e. The molecule has 0 amide bonds. The van der Waals surface area contributed by atoms with Gasteiger partial charge in [-0.3, -0.25) is 0 Å². The Kier molecular flexibility index (Phi) is 5.12. The lowest BCUT2D eigenvalue weighted by atomic mass is 10.0. The number of rotatable bonds is 4. The zero-order chi connectivity index (χ0) is 16.9. The van der Waals surface area contributed by atoms with Gasteiger partial charge in [0.2, 0.25) is 0 Å². The molecule has 3 rings (SSSR count). The van der Waals surface area contributed by atoms with Crippen LogP contribution in [0.2, 0.25) is 0 Å². The van der Waals surface area contributed by atoms with Gasteiger partial charge in [-0.15, -0.1) is 0 Å². The number of aromatic nitrogens is 1. The number of anilines is 1. The third kappa shape index (κ3) is 3.93. The first kappa shape index (κ1) is 16.5. The first-order chi connectivity index (χ1) is 11.7. The Labute approximate surface area is 144 Å². The zero-order valence-electron chi connectivity index (χ0n) is 14.4. The highest BCUT2D eigenvalue weighted by Crippen LogP contribution is 2.19. The van der Waals surface area contributed by atoms with Crippen LogP contribution >= 0.6 is 0 Å². The molecule has 0 aliphatic carbocycles. The van der Waals surface area contributed by atoms with Gasteiger partial charge < -0.3 is 10.2 Å². The van der Waals surface area contributed by atoms with E-state index in [4.69, 9.17) is 5.26 Å². The molecule has 1 N–H and O–H groups in total. The molecule has 1 aliphatic heterocycles. The van der Waals surface area contributed by atoms with Crippen LogP contribution < -0.4 is 10.2 Å². The lowest BCUT2D eigenvalue weighted by Crippen LogP contribution is -2.42. The summed E-state index contributed by atoms with van der Waals surface area (Å²) in [6.07, 6.45) is 3.89. The van der Waals surface area contributed by atoms with Crippen molar-refractivity contribution in [2.24, 2.45) is 0 Å². The van der Waals surface area contributed by atoms with Gasteiger partial charge in [-0.05, 0) is 49.9 Å². The third-order valence-corrected chi connectivity index (χ3v) is 4.78. The summed E-state index contributed by atoms with van der Waals surface area (Å²) in [4.78, 5) is 6.70. The summed E-state index contributed by atoms with van der Waals surface area (Å²) < 4.78 is 0. The third-order valence-electron chi connectivity index (χ3n) is 4.78. The van der Waals surface area contributed by atoms with Crippen molar-refractivity contribution in [3.05, 3.63) is 58.8 Å². The number of aryl methyl sites for hydroxylation is 2. The molecule has 0 radical (unpaired) electrons. The molecule has 4 heteroatoms. The summed E-state index contributed by atoms with van der Waals surface area (Å²) in [5, 5.41) is 12.5. The van der Waals surface area contributed by atoms with Gasteiger partial charge in [0.1, 0.15) is 11.9 Å². The van der Waals surface area contributed by atoms with Gasteiger partial charge in [0, 0.05) is 31.9 Å². The number of hydrogen-bond acceptors (Lipinski definition) is 4. The second-order valence-electron chi connectivity index (χ2n) is 6.59. The molecule has 1 aromatic heterocycles. The Morgan fingerprint density at radius 2 is 2.00 bits per heavy atom. The maximum absolute atomic E-state index is 8.85. The maximum atomic E-state index is 8.85. The number of piperidine rings is 1. The van der Waals surface area contributed by atoms with E-state index in [1.807, 2.05) is 12.1 Å². The summed E-state index contributed by atoms with van der Waals surface area (Å²) in [6.45, 7) is 7.26. The number of nitrogens with zero attached hydrogens (tertiary/aromatic N) is 3. The molecule has 2 heterocycles. The summed E-state index contributed by atoms with van der Waals surface area (Å²) in [6, 6.07) is 13.1. The highest BCUT2D eigenvalue weighted by atomic mass is 15.2. The number of nitriles is 1. The van der Waals surface area contributed by atoms with E-state index in [-0.39, 0.29) is 0 Å². The highest BCUT2D eigenvalue weighted by Gasteiger charge is 2.19. The van der Waals surface area contributed by atoms with Crippen LogP contribution in [0.25, 0.3) is 0 Å². The topological polar surface area (TPSA) is 52.0 Å². The molecule has 4 nitrogen and oxygen atoms in total. The van der Waals surface area contributed by atoms with E-state index in [0.717, 1.165) is 38.3 Å². The molecule has 0 unspecified atom stereocenters. The van der Waals surface area contributed by atoms with Crippen LogP contribution in [0.1, 0.15) is 35.1 Å². The average molecular weight is 320 g/mol. The molecule has 0 saturated carbocycles. The van der Waals surface area contributed by atoms with E-state index in [9.17, 15) is 0 Å².